The fraction of sp³-hybridized carbons (Fsp3) is 0.462. The van der Waals surface area contributed by atoms with E-state index in [1.165, 1.54) is 0 Å². The zero-order valence-electron chi connectivity index (χ0n) is 11.0. The Morgan fingerprint density at radius 1 is 1.44 bits per heavy atom. The van der Waals surface area contributed by atoms with Crippen LogP contribution in [0.15, 0.2) is 18.2 Å². The number of nitrogens with two attached hydrogens (primary N) is 1. The predicted molar refractivity (Wildman–Crippen MR) is 71.7 cm³/mol. The van der Waals surface area contributed by atoms with Crippen LogP contribution in [0, 0.1) is 5.92 Å². The molecule has 1 aromatic carbocycles. The lowest BCUT2D eigenvalue weighted by Crippen LogP contribution is -2.20. The van der Waals surface area contributed by atoms with Crippen molar-refractivity contribution in [2.75, 3.05) is 31.4 Å². The van der Waals surface area contributed by atoms with E-state index >= 15 is 0 Å². The summed E-state index contributed by atoms with van der Waals surface area (Å²) in [6.45, 7) is 4.65. The Bertz CT molecular complexity index is 405. The predicted octanol–water partition coefficient (Wildman–Crippen LogP) is 1.89. The molecule has 0 fully saturated rings. The smallest absolute Gasteiger partial charge is 0.250 e. The number of carbonyl (C=O) groups is 1. The maximum atomic E-state index is 11.6. The van der Waals surface area contributed by atoms with Crippen molar-refractivity contribution in [1.29, 1.82) is 0 Å². The van der Waals surface area contributed by atoms with Crippen molar-refractivity contribution in [1.82, 2.24) is 0 Å². The second-order valence-corrected chi connectivity index (χ2v) is 4.41. The van der Waals surface area contributed by atoms with Crippen molar-refractivity contribution in [2.24, 2.45) is 5.92 Å². The van der Waals surface area contributed by atoms with Crippen LogP contribution < -0.4 is 15.8 Å². The molecule has 0 aliphatic rings. The number of hydrogen-bond donors (Lipinski definition) is 2. The molecule has 1 aromatic rings. The minimum Gasteiger partial charge on any atom is -0.497 e. The molecule has 0 aliphatic heterocycles. The van der Waals surface area contributed by atoms with E-state index in [4.69, 9.17) is 15.2 Å². The van der Waals surface area contributed by atoms with Gasteiger partial charge in [-0.2, -0.15) is 0 Å². The van der Waals surface area contributed by atoms with Gasteiger partial charge >= 0.3 is 0 Å². The number of anilines is 2. The molecule has 3 N–H and O–H groups in total. The molecule has 0 aliphatic carbocycles. The van der Waals surface area contributed by atoms with E-state index < -0.39 is 0 Å². The van der Waals surface area contributed by atoms with Gasteiger partial charge in [0, 0.05) is 12.7 Å². The van der Waals surface area contributed by atoms with Crippen LogP contribution in [0.2, 0.25) is 0 Å². The Labute approximate surface area is 107 Å². The maximum absolute atomic E-state index is 11.6. The Hall–Kier alpha value is -1.75. The Kier molecular flexibility index (Phi) is 5.45. The summed E-state index contributed by atoms with van der Waals surface area (Å²) in [5, 5.41) is 2.69. The van der Waals surface area contributed by atoms with Gasteiger partial charge < -0.3 is 20.5 Å². The first-order chi connectivity index (χ1) is 8.52. The normalized spacial score (nSPS) is 10.4. The summed E-state index contributed by atoms with van der Waals surface area (Å²) in [5.41, 5.74) is 6.81. The highest BCUT2D eigenvalue weighted by atomic mass is 16.5. The topological polar surface area (TPSA) is 73.6 Å². The van der Waals surface area contributed by atoms with Gasteiger partial charge in [0.05, 0.1) is 18.5 Å². The molecule has 1 rings (SSSR count). The molecule has 0 unspecified atom stereocenters. The zero-order chi connectivity index (χ0) is 13.5. The summed E-state index contributed by atoms with van der Waals surface area (Å²) in [5.74, 6) is 0.845. The van der Waals surface area contributed by atoms with Gasteiger partial charge in [0.2, 0.25) is 5.91 Å². The lowest BCUT2D eigenvalue weighted by atomic mass is 10.2. The zero-order valence-corrected chi connectivity index (χ0v) is 11.0. The molecule has 0 heterocycles. The largest absolute Gasteiger partial charge is 0.497 e. The molecule has 100 valence electrons. The highest BCUT2D eigenvalue weighted by molar-refractivity contribution is 5.94. The van der Waals surface area contributed by atoms with Gasteiger partial charge in [0.25, 0.3) is 0 Å². The summed E-state index contributed by atoms with van der Waals surface area (Å²) in [4.78, 5) is 11.6. The van der Waals surface area contributed by atoms with Crippen LogP contribution >= 0.6 is 0 Å². The van der Waals surface area contributed by atoms with E-state index in [1.807, 2.05) is 13.8 Å². The number of nitrogens with one attached hydrogen (secondary N) is 1. The van der Waals surface area contributed by atoms with Crippen molar-refractivity contribution in [3.05, 3.63) is 18.2 Å². The first-order valence-electron chi connectivity index (χ1n) is 5.84. The van der Waals surface area contributed by atoms with Gasteiger partial charge in [-0.3, -0.25) is 4.79 Å². The summed E-state index contributed by atoms with van der Waals surface area (Å²) in [7, 11) is 1.56. The van der Waals surface area contributed by atoms with Crippen LogP contribution in [0.25, 0.3) is 0 Å². The van der Waals surface area contributed by atoms with Crippen LogP contribution in [0.3, 0.4) is 0 Å². The molecule has 0 aromatic heterocycles. The minimum atomic E-state index is -0.215. The second kappa shape index (κ2) is 6.86. The van der Waals surface area contributed by atoms with Gasteiger partial charge in [-0.1, -0.05) is 13.8 Å². The molecule has 0 saturated heterocycles. The molecule has 0 atom stereocenters. The van der Waals surface area contributed by atoms with Crippen LogP contribution in [0.1, 0.15) is 13.8 Å². The van der Waals surface area contributed by atoms with Crippen molar-refractivity contribution in [3.63, 3.8) is 0 Å². The third kappa shape index (κ3) is 4.63. The first-order valence-corrected chi connectivity index (χ1v) is 5.84. The molecule has 1 amide bonds. The highest BCUT2D eigenvalue weighted by Crippen LogP contribution is 2.23. The van der Waals surface area contributed by atoms with Crippen molar-refractivity contribution in [3.8, 4) is 5.75 Å². The van der Waals surface area contributed by atoms with Crippen LogP contribution in [-0.4, -0.2) is 26.2 Å². The first kappa shape index (κ1) is 14.3. The van der Waals surface area contributed by atoms with E-state index in [9.17, 15) is 4.79 Å². The highest BCUT2D eigenvalue weighted by Gasteiger charge is 2.06. The summed E-state index contributed by atoms with van der Waals surface area (Å²) >= 11 is 0. The van der Waals surface area contributed by atoms with E-state index in [0.717, 1.165) is 0 Å². The fourth-order valence-electron chi connectivity index (χ4n) is 1.36. The number of nitrogen functional groups attached to an aromatic ring is 1. The number of benzene rings is 1. The number of ether oxygens (including phenoxy) is 2. The number of carbonyl (C=O) groups excluding carboxylic acids is 1. The molecule has 0 radical (unpaired) electrons. The molecule has 0 spiro atoms. The SMILES string of the molecule is COc1ccc(NC(=O)COCC(C)C)c(N)c1. The van der Waals surface area contributed by atoms with E-state index in [-0.39, 0.29) is 12.5 Å². The molecular weight excluding hydrogens is 232 g/mol. The van der Waals surface area contributed by atoms with Crippen molar-refractivity contribution < 1.29 is 14.3 Å². The van der Waals surface area contributed by atoms with E-state index in [1.54, 1.807) is 25.3 Å². The van der Waals surface area contributed by atoms with Gasteiger partial charge in [0.15, 0.2) is 0 Å². The van der Waals surface area contributed by atoms with Crippen molar-refractivity contribution >= 4 is 17.3 Å². The molecular formula is C13H20N2O3. The quantitative estimate of drug-likeness (QED) is 0.758. The van der Waals surface area contributed by atoms with E-state index in [2.05, 4.69) is 5.32 Å². The number of rotatable bonds is 6. The monoisotopic (exact) mass is 252 g/mol. The average Bonchev–Trinajstić information content (AvgIpc) is 2.31. The van der Waals surface area contributed by atoms with Gasteiger partial charge in [-0.25, -0.2) is 0 Å². The molecule has 5 heteroatoms. The van der Waals surface area contributed by atoms with Crippen LogP contribution in [0.5, 0.6) is 5.75 Å². The van der Waals surface area contributed by atoms with Crippen LogP contribution in [0.4, 0.5) is 11.4 Å². The standard InChI is InChI=1S/C13H20N2O3/c1-9(2)7-18-8-13(16)15-12-5-4-10(17-3)6-11(12)14/h4-6,9H,7-8,14H2,1-3H3,(H,15,16). The van der Waals surface area contributed by atoms with Gasteiger partial charge in [-0.15, -0.1) is 0 Å². The average molecular weight is 252 g/mol. The summed E-state index contributed by atoms with van der Waals surface area (Å²) < 4.78 is 10.3. The maximum Gasteiger partial charge on any atom is 0.250 e. The Morgan fingerprint density at radius 3 is 2.72 bits per heavy atom. The minimum absolute atomic E-state index is 0.0314. The Morgan fingerprint density at radius 2 is 2.17 bits per heavy atom. The molecule has 18 heavy (non-hydrogen) atoms. The molecule has 0 bridgehead atoms. The van der Waals surface area contributed by atoms with Gasteiger partial charge in [-0.05, 0) is 18.1 Å². The number of hydrogen-bond acceptors (Lipinski definition) is 4. The lowest BCUT2D eigenvalue weighted by Gasteiger charge is -2.10. The summed E-state index contributed by atoms with van der Waals surface area (Å²) in [6, 6.07) is 5.10. The van der Waals surface area contributed by atoms with Crippen LogP contribution in [-0.2, 0) is 9.53 Å². The molecule has 5 nitrogen and oxygen atoms in total. The fourth-order valence-corrected chi connectivity index (χ4v) is 1.36. The third-order valence-corrected chi connectivity index (χ3v) is 2.22. The number of amides is 1. The lowest BCUT2D eigenvalue weighted by molar-refractivity contribution is -0.120. The van der Waals surface area contributed by atoms with Gasteiger partial charge in [0.1, 0.15) is 12.4 Å². The summed E-state index contributed by atoms with van der Waals surface area (Å²) in [6.07, 6.45) is 0. The van der Waals surface area contributed by atoms with Crippen molar-refractivity contribution in [2.45, 2.75) is 13.8 Å². The van der Waals surface area contributed by atoms with E-state index in [0.29, 0.717) is 29.6 Å². The number of methoxy groups -OCH3 is 1. The Balaban J connectivity index is 2.49. The third-order valence-electron chi connectivity index (χ3n) is 2.22. The second-order valence-electron chi connectivity index (χ2n) is 4.41. The molecule has 0 saturated carbocycles.